The number of hydrogen-bond acceptors (Lipinski definition) is 3. The van der Waals surface area contributed by atoms with Crippen molar-refractivity contribution >= 4 is 5.82 Å². The Morgan fingerprint density at radius 2 is 2.06 bits per heavy atom. The first-order valence-corrected chi connectivity index (χ1v) is 7.05. The zero-order valence-electron chi connectivity index (χ0n) is 11.8. The summed E-state index contributed by atoms with van der Waals surface area (Å²) < 4.78 is 0. The molecule has 2 rings (SSSR count). The predicted octanol–water partition coefficient (Wildman–Crippen LogP) is 2.67. The van der Waals surface area contributed by atoms with E-state index in [4.69, 9.17) is 0 Å². The van der Waals surface area contributed by atoms with Crippen LogP contribution >= 0.6 is 0 Å². The second-order valence-electron chi connectivity index (χ2n) is 5.62. The molecule has 1 saturated heterocycles. The van der Waals surface area contributed by atoms with Crippen LogP contribution in [0, 0.1) is 11.8 Å². The molecule has 1 N–H and O–H groups in total. The molecule has 0 saturated carbocycles. The first-order valence-electron chi connectivity index (χ1n) is 7.05. The summed E-state index contributed by atoms with van der Waals surface area (Å²) >= 11 is 0. The average Bonchev–Trinajstić information content (AvgIpc) is 2.40. The Morgan fingerprint density at radius 3 is 2.56 bits per heavy atom. The van der Waals surface area contributed by atoms with Gasteiger partial charge in [-0.1, -0.05) is 19.9 Å². The van der Waals surface area contributed by atoms with Crippen LogP contribution in [0.15, 0.2) is 18.3 Å². The van der Waals surface area contributed by atoms with Crippen LogP contribution < -0.4 is 10.2 Å². The molecule has 0 radical (unpaired) electrons. The molecule has 1 aromatic rings. The minimum atomic E-state index is 0.818. The van der Waals surface area contributed by atoms with Crippen LogP contribution in [0.25, 0.3) is 0 Å². The molecule has 1 aromatic heterocycles. The van der Waals surface area contributed by atoms with Gasteiger partial charge in [0.15, 0.2) is 0 Å². The Labute approximate surface area is 111 Å². The van der Waals surface area contributed by atoms with E-state index in [1.54, 1.807) is 0 Å². The fourth-order valence-corrected chi connectivity index (χ4v) is 2.71. The van der Waals surface area contributed by atoms with Gasteiger partial charge in [-0.2, -0.15) is 0 Å². The normalized spacial score (nSPS) is 17.4. The van der Waals surface area contributed by atoms with E-state index in [1.807, 2.05) is 13.2 Å². The molecule has 1 aliphatic rings. The minimum Gasteiger partial charge on any atom is -0.357 e. The van der Waals surface area contributed by atoms with E-state index in [1.165, 1.54) is 18.4 Å². The fourth-order valence-electron chi connectivity index (χ4n) is 2.71. The van der Waals surface area contributed by atoms with Crippen molar-refractivity contribution in [2.24, 2.45) is 11.8 Å². The Kier molecular flexibility index (Phi) is 4.59. The fraction of sp³-hybridized carbons (Fsp3) is 0.667. The number of pyridine rings is 1. The van der Waals surface area contributed by atoms with Gasteiger partial charge in [0, 0.05) is 25.8 Å². The molecular weight excluding hydrogens is 222 g/mol. The Bertz CT molecular complexity index is 351. The maximum Gasteiger partial charge on any atom is 0.128 e. The van der Waals surface area contributed by atoms with Gasteiger partial charge in [0.05, 0.1) is 0 Å². The molecule has 1 aliphatic heterocycles. The molecule has 3 nitrogen and oxygen atoms in total. The van der Waals surface area contributed by atoms with E-state index in [0.717, 1.165) is 37.3 Å². The maximum atomic E-state index is 4.58. The molecule has 0 aromatic carbocycles. The van der Waals surface area contributed by atoms with Crippen LogP contribution in [0.2, 0.25) is 0 Å². The second-order valence-corrected chi connectivity index (χ2v) is 5.62. The van der Waals surface area contributed by atoms with E-state index in [0.29, 0.717) is 0 Å². The summed E-state index contributed by atoms with van der Waals surface area (Å²) in [6.07, 6.45) is 4.59. The van der Waals surface area contributed by atoms with Crippen LogP contribution in [0.1, 0.15) is 32.3 Å². The molecule has 0 aliphatic carbocycles. The van der Waals surface area contributed by atoms with Crippen molar-refractivity contribution in [3.05, 3.63) is 23.9 Å². The summed E-state index contributed by atoms with van der Waals surface area (Å²) in [7, 11) is 1.96. The van der Waals surface area contributed by atoms with Crippen molar-refractivity contribution < 1.29 is 0 Å². The predicted molar refractivity (Wildman–Crippen MR) is 76.8 cm³/mol. The summed E-state index contributed by atoms with van der Waals surface area (Å²) in [4.78, 5) is 7.00. The van der Waals surface area contributed by atoms with Crippen LogP contribution in [-0.2, 0) is 6.54 Å². The van der Waals surface area contributed by atoms with E-state index in [-0.39, 0.29) is 0 Å². The van der Waals surface area contributed by atoms with Gasteiger partial charge in [0.1, 0.15) is 5.82 Å². The van der Waals surface area contributed by atoms with Crippen LogP contribution in [0.4, 0.5) is 5.82 Å². The zero-order chi connectivity index (χ0) is 13.0. The van der Waals surface area contributed by atoms with Gasteiger partial charge in [0.25, 0.3) is 0 Å². The summed E-state index contributed by atoms with van der Waals surface area (Å²) in [5.41, 5.74) is 1.25. The molecule has 0 amide bonds. The molecule has 1 fully saturated rings. The minimum absolute atomic E-state index is 0.818. The number of rotatable bonds is 4. The molecule has 2 heterocycles. The molecule has 0 atom stereocenters. The van der Waals surface area contributed by atoms with Gasteiger partial charge in [-0.15, -0.1) is 0 Å². The standard InChI is InChI=1S/C15H25N3/c1-12(2)14-6-8-18(9-7-14)15-5-4-13(10-16-3)11-17-15/h4-5,11-12,14,16H,6-10H2,1-3H3. The summed E-state index contributed by atoms with van der Waals surface area (Å²) in [6.45, 7) is 7.88. The molecular formula is C15H25N3. The Balaban J connectivity index is 1.93. The molecule has 0 unspecified atom stereocenters. The van der Waals surface area contributed by atoms with Crippen LogP contribution in [0.5, 0.6) is 0 Å². The second kappa shape index (κ2) is 6.19. The summed E-state index contributed by atoms with van der Waals surface area (Å²) in [5, 5.41) is 3.15. The van der Waals surface area contributed by atoms with E-state index < -0.39 is 0 Å². The number of piperidine rings is 1. The van der Waals surface area contributed by atoms with Gasteiger partial charge >= 0.3 is 0 Å². The lowest BCUT2D eigenvalue weighted by Gasteiger charge is -2.34. The third kappa shape index (κ3) is 3.22. The van der Waals surface area contributed by atoms with Crippen molar-refractivity contribution in [1.82, 2.24) is 10.3 Å². The SMILES string of the molecule is CNCc1ccc(N2CCC(C(C)C)CC2)nc1. The maximum absolute atomic E-state index is 4.58. The zero-order valence-corrected chi connectivity index (χ0v) is 11.8. The van der Waals surface area contributed by atoms with Crippen molar-refractivity contribution in [3.8, 4) is 0 Å². The lowest BCUT2D eigenvalue weighted by Crippen LogP contribution is -2.35. The molecule has 0 spiro atoms. The number of hydrogen-bond donors (Lipinski definition) is 1. The highest BCUT2D eigenvalue weighted by Gasteiger charge is 2.22. The number of nitrogens with zero attached hydrogens (tertiary/aromatic N) is 2. The smallest absolute Gasteiger partial charge is 0.128 e. The average molecular weight is 247 g/mol. The number of nitrogens with one attached hydrogen (secondary N) is 1. The van der Waals surface area contributed by atoms with E-state index in [9.17, 15) is 0 Å². The van der Waals surface area contributed by atoms with Gasteiger partial charge in [-0.25, -0.2) is 4.98 Å². The highest BCUT2D eigenvalue weighted by Crippen LogP contribution is 2.26. The molecule has 18 heavy (non-hydrogen) atoms. The quantitative estimate of drug-likeness (QED) is 0.886. The van der Waals surface area contributed by atoms with Gasteiger partial charge in [-0.05, 0) is 43.4 Å². The summed E-state index contributed by atoms with van der Waals surface area (Å²) in [5.74, 6) is 2.85. The van der Waals surface area contributed by atoms with E-state index >= 15 is 0 Å². The third-order valence-corrected chi connectivity index (χ3v) is 4.00. The monoisotopic (exact) mass is 247 g/mol. The highest BCUT2D eigenvalue weighted by molar-refractivity contribution is 5.39. The van der Waals surface area contributed by atoms with Gasteiger partial charge in [0.2, 0.25) is 0 Å². The van der Waals surface area contributed by atoms with Crippen molar-refractivity contribution in [2.45, 2.75) is 33.2 Å². The first-order chi connectivity index (χ1) is 8.70. The summed E-state index contributed by atoms with van der Waals surface area (Å²) in [6, 6.07) is 4.33. The first kappa shape index (κ1) is 13.3. The molecule has 100 valence electrons. The lowest BCUT2D eigenvalue weighted by molar-refractivity contribution is 0.310. The Hall–Kier alpha value is -1.09. The van der Waals surface area contributed by atoms with Gasteiger partial charge in [-0.3, -0.25) is 0 Å². The van der Waals surface area contributed by atoms with E-state index in [2.05, 4.69) is 41.2 Å². The van der Waals surface area contributed by atoms with Crippen molar-refractivity contribution in [3.63, 3.8) is 0 Å². The van der Waals surface area contributed by atoms with Crippen LogP contribution in [0.3, 0.4) is 0 Å². The number of aromatic nitrogens is 1. The lowest BCUT2D eigenvalue weighted by atomic mass is 9.87. The molecule has 0 bridgehead atoms. The largest absolute Gasteiger partial charge is 0.357 e. The topological polar surface area (TPSA) is 28.2 Å². The third-order valence-electron chi connectivity index (χ3n) is 4.00. The molecule has 3 heteroatoms. The Morgan fingerprint density at radius 1 is 1.33 bits per heavy atom. The van der Waals surface area contributed by atoms with Gasteiger partial charge < -0.3 is 10.2 Å². The van der Waals surface area contributed by atoms with Crippen LogP contribution in [-0.4, -0.2) is 25.1 Å². The number of anilines is 1. The highest BCUT2D eigenvalue weighted by atomic mass is 15.2. The van der Waals surface area contributed by atoms with Crippen molar-refractivity contribution in [1.29, 1.82) is 0 Å². The van der Waals surface area contributed by atoms with Crippen molar-refractivity contribution in [2.75, 3.05) is 25.0 Å².